The molecule has 0 heterocycles. The minimum Gasteiger partial charge on any atom is -0.0711 e. The maximum absolute atomic E-state index is 2.90. The van der Waals surface area contributed by atoms with Crippen LogP contribution in [0.25, 0.3) is 0 Å². The summed E-state index contributed by atoms with van der Waals surface area (Å²) in [5.74, 6) is 5.60. The lowest BCUT2D eigenvalue weighted by atomic mass is 9.62. The van der Waals surface area contributed by atoms with Crippen molar-refractivity contribution in [3.05, 3.63) is 0 Å². The first-order chi connectivity index (χ1) is 13.5. The quantitative estimate of drug-likeness (QED) is 0.388. The lowest BCUT2D eigenvalue weighted by Gasteiger charge is -2.51. The number of hydrogen-bond donors (Lipinski definition) is 0. The predicted octanol–water partition coefficient (Wildman–Crippen LogP) is 9.08. The highest BCUT2D eigenvalue weighted by Crippen LogP contribution is 2.61. The molecule has 0 amide bonds. The molecular formula is C27H52Si2. The Hall–Kier alpha value is 0.434. The number of fused-ring (bicyclic) bond motifs is 3. The second kappa shape index (κ2) is 8.09. The van der Waals surface area contributed by atoms with E-state index in [0.29, 0.717) is 5.41 Å². The van der Waals surface area contributed by atoms with Gasteiger partial charge in [-0.1, -0.05) is 91.9 Å². The summed E-state index contributed by atoms with van der Waals surface area (Å²) < 4.78 is 0. The average molecular weight is 433 g/mol. The van der Waals surface area contributed by atoms with Crippen molar-refractivity contribution >= 4 is 15.2 Å². The largest absolute Gasteiger partial charge is 0.0711 e. The molecule has 4 saturated carbocycles. The highest BCUT2D eigenvalue weighted by atomic mass is 29.3. The normalized spacial score (nSPS) is 41.3. The zero-order chi connectivity index (χ0) is 21.0. The Morgan fingerprint density at radius 3 is 2.07 bits per heavy atom. The molecular weight excluding hydrogens is 380 g/mol. The molecule has 4 aliphatic carbocycles. The second-order valence-corrected chi connectivity index (χ2v) is 30.6. The summed E-state index contributed by atoms with van der Waals surface area (Å²) in [4.78, 5) is 0. The van der Waals surface area contributed by atoms with Crippen LogP contribution < -0.4 is 0 Å². The van der Waals surface area contributed by atoms with Crippen molar-refractivity contribution in [3.8, 4) is 0 Å². The minimum absolute atomic E-state index is 0.523. The smallest absolute Gasteiger partial charge is 0.0448 e. The lowest BCUT2D eigenvalue weighted by molar-refractivity contribution is 0.0725. The van der Waals surface area contributed by atoms with E-state index in [4.69, 9.17) is 0 Å². The van der Waals surface area contributed by atoms with E-state index in [9.17, 15) is 0 Å². The zero-order valence-corrected chi connectivity index (χ0v) is 23.0. The van der Waals surface area contributed by atoms with Gasteiger partial charge in [0.25, 0.3) is 0 Å². The highest BCUT2D eigenvalue weighted by Gasteiger charge is 2.57. The van der Waals surface area contributed by atoms with Crippen LogP contribution in [0, 0.1) is 35.0 Å². The Balaban J connectivity index is 1.46. The van der Waals surface area contributed by atoms with Crippen LogP contribution in [0.3, 0.4) is 0 Å². The van der Waals surface area contributed by atoms with Crippen molar-refractivity contribution in [3.63, 3.8) is 0 Å². The summed E-state index contributed by atoms with van der Waals surface area (Å²) in [7, 11) is -2.34. The summed E-state index contributed by atoms with van der Waals surface area (Å²) in [5.41, 5.74) is 2.84. The van der Waals surface area contributed by atoms with Gasteiger partial charge >= 0.3 is 0 Å². The summed E-state index contributed by atoms with van der Waals surface area (Å²) >= 11 is 0. The molecule has 0 aliphatic heterocycles. The topological polar surface area (TPSA) is 0 Å². The molecule has 4 rings (SSSR count). The highest BCUT2D eigenvalue weighted by molar-refractivity contribution is 7.41. The van der Waals surface area contributed by atoms with Crippen LogP contribution in [0.1, 0.15) is 97.8 Å². The van der Waals surface area contributed by atoms with Crippen LogP contribution in [0.15, 0.2) is 0 Å². The third-order valence-electron chi connectivity index (χ3n) is 11.3. The molecule has 0 N–H and O–H groups in total. The van der Waals surface area contributed by atoms with Gasteiger partial charge < -0.3 is 0 Å². The van der Waals surface area contributed by atoms with Gasteiger partial charge in [-0.25, -0.2) is 0 Å². The van der Waals surface area contributed by atoms with Crippen LogP contribution in [0.2, 0.25) is 37.3 Å². The molecule has 0 aromatic carbocycles. The van der Waals surface area contributed by atoms with E-state index in [1.165, 1.54) is 12.0 Å². The van der Waals surface area contributed by atoms with Gasteiger partial charge in [0.1, 0.15) is 0 Å². The van der Waals surface area contributed by atoms with E-state index in [0.717, 1.165) is 35.1 Å². The van der Waals surface area contributed by atoms with Crippen LogP contribution >= 0.6 is 0 Å². The Labute approximate surface area is 185 Å². The molecule has 0 nitrogen and oxygen atoms in total. The Bertz CT molecular complexity index is 572. The Morgan fingerprint density at radius 2 is 1.34 bits per heavy atom. The summed E-state index contributed by atoms with van der Waals surface area (Å²) in [6, 6.07) is 0. The first-order valence-electron chi connectivity index (χ1n) is 13.5. The van der Waals surface area contributed by atoms with Crippen molar-refractivity contribution in [1.82, 2.24) is 0 Å². The molecule has 0 saturated heterocycles. The first kappa shape index (κ1) is 22.6. The summed E-state index contributed by atoms with van der Waals surface area (Å²) in [6.45, 7) is 18.9. The molecule has 0 aromatic rings. The fourth-order valence-electron chi connectivity index (χ4n) is 9.29. The van der Waals surface area contributed by atoms with Gasteiger partial charge in [0.05, 0.1) is 0 Å². The SMILES string of the molecule is CC(C)(C)CC1CCC([Si](C)(C)[Si](C)(C)C2CCC3C4CCCCC4CCC32)C1. The van der Waals surface area contributed by atoms with Gasteiger partial charge in [0, 0.05) is 15.2 Å². The van der Waals surface area contributed by atoms with Gasteiger partial charge in [-0.05, 0) is 78.2 Å². The third kappa shape index (κ3) is 4.24. The Morgan fingerprint density at radius 1 is 0.655 bits per heavy atom. The molecule has 7 unspecified atom stereocenters. The molecule has 0 radical (unpaired) electrons. The molecule has 4 aliphatic rings. The monoisotopic (exact) mass is 432 g/mol. The van der Waals surface area contributed by atoms with Crippen LogP contribution in [-0.2, 0) is 0 Å². The molecule has 7 atom stereocenters. The molecule has 168 valence electrons. The maximum Gasteiger partial charge on any atom is 0.0448 e. The van der Waals surface area contributed by atoms with Crippen LogP contribution in [0.5, 0.6) is 0 Å². The first-order valence-corrected chi connectivity index (χ1v) is 20.7. The minimum atomic E-state index is -1.18. The number of rotatable bonds is 4. The zero-order valence-electron chi connectivity index (χ0n) is 21.0. The average Bonchev–Trinajstić information content (AvgIpc) is 3.27. The van der Waals surface area contributed by atoms with Crippen molar-refractivity contribution in [1.29, 1.82) is 0 Å². The van der Waals surface area contributed by atoms with Crippen LogP contribution in [0.4, 0.5) is 0 Å². The van der Waals surface area contributed by atoms with Crippen molar-refractivity contribution in [2.75, 3.05) is 0 Å². The van der Waals surface area contributed by atoms with E-state index in [-0.39, 0.29) is 0 Å². The van der Waals surface area contributed by atoms with E-state index in [1.807, 2.05) is 0 Å². The second-order valence-electron chi connectivity index (χ2n) is 14.4. The fourth-order valence-corrected chi connectivity index (χ4v) is 23.4. The van der Waals surface area contributed by atoms with E-state index >= 15 is 0 Å². The van der Waals surface area contributed by atoms with E-state index in [2.05, 4.69) is 47.0 Å². The fraction of sp³-hybridized carbons (Fsp3) is 1.00. The van der Waals surface area contributed by atoms with Gasteiger partial charge in [-0.15, -0.1) is 0 Å². The third-order valence-corrected chi connectivity index (χ3v) is 32.1. The van der Waals surface area contributed by atoms with Crippen molar-refractivity contribution < 1.29 is 0 Å². The van der Waals surface area contributed by atoms with Gasteiger partial charge in [-0.3, -0.25) is 0 Å². The molecule has 0 spiro atoms. The molecule has 29 heavy (non-hydrogen) atoms. The number of hydrogen-bond acceptors (Lipinski definition) is 0. The summed E-state index contributed by atoms with van der Waals surface area (Å²) in [5, 5.41) is 0. The molecule has 0 aromatic heterocycles. The maximum atomic E-state index is 2.90. The van der Waals surface area contributed by atoms with Gasteiger partial charge in [0.2, 0.25) is 0 Å². The summed E-state index contributed by atoms with van der Waals surface area (Å²) in [6.07, 6.45) is 18.9. The molecule has 4 fully saturated rings. The van der Waals surface area contributed by atoms with Crippen LogP contribution in [-0.4, -0.2) is 15.2 Å². The van der Waals surface area contributed by atoms with E-state index in [1.54, 1.807) is 70.6 Å². The molecule has 2 heteroatoms. The lowest BCUT2D eigenvalue weighted by Crippen LogP contribution is -2.61. The van der Waals surface area contributed by atoms with Crippen molar-refractivity contribution in [2.24, 2.45) is 35.0 Å². The predicted molar refractivity (Wildman–Crippen MR) is 135 cm³/mol. The van der Waals surface area contributed by atoms with Gasteiger partial charge in [0.15, 0.2) is 0 Å². The van der Waals surface area contributed by atoms with Crippen molar-refractivity contribution in [2.45, 2.75) is 135 Å². The van der Waals surface area contributed by atoms with E-state index < -0.39 is 15.2 Å². The standard InChI is InChI=1S/C27H52Si2/c1-27(2,3)19-20-12-14-22(18-20)28(4,5)29(6,7)26-17-16-24-23-11-9-8-10-21(23)13-15-25(24)26/h20-26H,8-19H2,1-7H3. The Kier molecular flexibility index (Phi) is 6.31. The van der Waals surface area contributed by atoms with Gasteiger partial charge in [-0.2, -0.15) is 0 Å². The molecule has 0 bridgehead atoms.